The van der Waals surface area contributed by atoms with Crippen molar-refractivity contribution in [1.29, 1.82) is 0 Å². The molecule has 0 atom stereocenters. The molecule has 0 rings (SSSR count). The predicted octanol–water partition coefficient (Wildman–Crippen LogP) is -0.208. The lowest BCUT2D eigenvalue weighted by atomic mass is 10.1. The Labute approximate surface area is 80.5 Å². The molecule has 0 aromatic rings. The highest BCUT2D eigenvalue weighted by atomic mass is 16.1. The van der Waals surface area contributed by atoms with Gasteiger partial charge in [-0.15, -0.1) is 0 Å². The van der Waals surface area contributed by atoms with E-state index in [2.05, 4.69) is 26.1 Å². The molecule has 4 heteroatoms. The van der Waals surface area contributed by atoms with E-state index in [-0.39, 0.29) is 11.4 Å². The first kappa shape index (κ1) is 12.4. The van der Waals surface area contributed by atoms with Gasteiger partial charge in [0.25, 0.3) is 0 Å². The Morgan fingerprint density at radius 2 is 2.00 bits per heavy atom. The summed E-state index contributed by atoms with van der Waals surface area (Å²) in [5.41, 5.74) is 5.18. The lowest BCUT2D eigenvalue weighted by molar-refractivity contribution is -0.118. The second-order valence-electron chi connectivity index (χ2n) is 4.38. The number of nitrogens with one attached hydrogen (secondary N) is 1. The molecule has 0 heterocycles. The van der Waals surface area contributed by atoms with Gasteiger partial charge in [-0.1, -0.05) is 0 Å². The Hall–Kier alpha value is -0.610. The highest BCUT2D eigenvalue weighted by Gasteiger charge is 2.08. The molecule has 3 N–H and O–H groups in total. The van der Waals surface area contributed by atoms with Crippen molar-refractivity contribution in [3.05, 3.63) is 0 Å². The molecule has 0 saturated carbocycles. The molecule has 1 amide bonds. The van der Waals surface area contributed by atoms with Gasteiger partial charge in [-0.25, -0.2) is 0 Å². The van der Waals surface area contributed by atoms with Gasteiger partial charge in [-0.3, -0.25) is 9.69 Å². The number of hydrogen-bond donors (Lipinski definition) is 2. The quantitative estimate of drug-likeness (QED) is 0.626. The van der Waals surface area contributed by atoms with Crippen LogP contribution in [0.25, 0.3) is 0 Å². The molecule has 0 spiro atoms. The molecular weight excluding hydrogens is 166 g/mol. The van der Waals surface area contributed by atoms with Gasteiger partial charge >= 0.3 is 0 Å². The van der Waals surface area contributed by atoms with E-state index in [4.69, 9.17) is 5.73 Å². The monoisotopic (exact) mass is 187 g/mol. The molecule has 0 unspecified atom stereocenters. The predicted molar refractivity (Wildman–Crippen MR) is 54.4 cm³/mol. The zero-order valence-electron chi connectivity index (χ0n) is 9.05. The second-order valence-corrected chi connectivity index (χ2v) is 4.38. The van der Waals surface area contributed by atoms with Crippen molar-refractivity contribution in [3.63, 3.8) is 0 Å². The van der Waals surface area contributed by atoms with E-state index in [1.807, 2.05) is 11.9 Å². The maximum atomic E-state index is 10.5. The van der Waals surface area contributed by atoms with Gasteiger partial charge in [-0.05, 0) is 27.8 Å². The van der Waals surface area contributed by atoms with Crippen LogP contribution in [0.1, 0.15) is 20.8 Å². The summed E-state index contributed by atoms with van der Waals surface area (Å²) in [6.07, 6.45) is 0. The van der Waals surface area contributed by atoms with E-state index < -0.39 is 0 Å². The molecule has 0 aliphatic rings. The van der Waals surface area contributed by atoms with Crippen LogP contribution in [0.3, 0.4) is 0 Å². The van der Waals surface area contributed by atoms with Gasteiger partial charge < -0.3 is 11.1 Å². The number of nitrogens with two attached hydrogens (primary N) is 1. The van der Waals surface area contributed by atoms with Crippen LogP contribution in [0.2, 0.25) is 0 Å². The van der Waals surface area contributed by atoms with Crippen molar-refractivity contribution in [2.45, 2.75) is 26.3 Å². The fourth-order valence-corrected chi connectivity index (χ4v) is 0.967. The van der Waals surface area contributed by atoms with Crippen LogP contribution >= 0.6 is 0 Å². The Kier molecular flexibility index (Phi) is 4.95. The van der Waals surface area contributed by atoms with Crippen LogP contribution in [0.15, 0.2) is 0 Å². The topological polar surface area (TPSA) is 58.4 Å². The fourth-order valence-electron chi connectivity index (χ4n) is 0.967. The number of carbonyl (C=O) groups is 1. The molecule has 0 aliphatic carbocycles. The van der Waals surface area contributed by atoms with Crippen molar-refractivity contribution in [1.82, 2.24) is 10.2 Å². The largest absolute Gasteiger partial charge is 0.369 e. The smallest absolute Gasteiger partial charge is 0.231 e. The maximum Gasteiger partial charge on any atom is 0.231 e. The minimum absolute atomic E-state index is 0.133. The van der Waals surface area contributed by atoms with Gasteiger partial charge in [0.05, 0.1) is 6.54 Å². The van der Waals surface area contributed by atoms with E-state index in [0.717, 1.165) is 13.1 Å². The van der Waals surface area contributed by atoms with Crippen LogP contribution in [0, 0.1) is 0 Å². The molecule has 0 fully saturated rings. The van der Waals surface area contributed by atoms with Crippen molar-refractivity contribution < 1.29 is 4.79 Å². The third-order valence-electron chi connectivity index (χ3n) is 1.57. The van der Waals surface area contributed by atoms with E-state index in [9.17, 15) is 4.79 Å². The average Bonchev–Trinajstić information content (AvgIpc) is 1.81. The molecule has 0 aliphatic heterocycles. The lowest BCUT2D eigenvalue weighted by Crippen LogP contribution is -2.42. The number of rotatable bonds is 5. The first-order valence-corrected chi connectivity index (χ1v) is 4.53. The SMILES string of the molecule is CN(CCNC(C)(C)C)CC(N)=O. The summed E-state index contributed by atoms with van der Waals surface area (Å²) >= 11 is 0. The van der Waals surface area contributed by atoms with Crippen LogP contribution in [0.4, 0.5) is 0 Å². The minimum atomic E-state index is -0.279. The minimum Gasteiger partial charge on any atom is -0.369 e. The second kappa shape index (κ2) is 5.19. The maximum absolute atomic E-state index is 10.5. The first-order valence-electron chi connectivity index (χ1n) is 4.53. The third-order valence-corrected chi connectivity index (χ3v) is 1.57. The van der Waals surface area contributed by atoms with Crippen LogP contribution in [-0.4, -0.2) is 43.0 Å². The molecule has 0 aromatic carbocycles. The number of carbonyl (C=O) groups excluding carboxylic acids is 1. The Balaban J connectivity index is 3.48. The summed E-state index contributed by atoms with van der Waals surface area (Å²) in [5, 5.41) is 3.33. The summed E-state index contributed by atoms with van der Waals surface area (Å²) in [4.78, 5) is 12.4. The van der Waals surface area contributed by atoms with Crippen molar-refractivity contribution >= 4 is 5.91 Å². The average molecular weight is 187 g/mol. The highest BCUT2D eigenvalue weighted by molar-refractivity contribution is 5.75. The van der Waals surface area contributed by atoms with Gasteiger partial charge in [0, 0.05) is 18.6 Å². The van der Waals surface area contributed by atoms with Crippen molar-refractivity contribution in [3.8, 4) is 0 Å². The number of amides is 1. The molecule has 78 valence electrons. The van der Waals surface area contributed by atoms with E-state index >= 15 is 0 Å². The number of primary amides is 1. The summed E-state index contributed by atoms with van der Waals surface area (Å²) < 4.78 is 0. The van der Waals surface area contributed by atoms with Crippen LogP contribution < -0.4 is 11.1 Å². The highest BCUT2D eigenvalue weighted by Crippen LogP contribution is 1.96. The Bertz CT molecular complexity index is 163. The van der Waals surface area contributed by atoms with E-state index in [1.165, 1.54) is 0 Å². The fraction of sp³-hybridized carbons (Fsp3) is 0.889. The van der Waals surface area contributed by atoms with Gasteiger partial charge in [0.1, 0.15) is 0 Å². The zero-order chi connectivity index (χ0) is 10.5. The first-order chi connectivity index (χ1) is 5.81. The van der Waals surface area contributed by atoms with E-state index in [0.29, 0.717) is 6.54 Å². The zero-order valence-corrected chi connectivity index (χ0v) is 9.05. The van der Waals surface area contributed by atoms with E-state index in [1.54, 1.807) is 0 Å². The normalized spacial score (nSPS) is 12.1. The molecule has 0 bridgehead atoms. The lowest BCUT2D eigenvalue weighted by Gasteiger charge is -2.22. The van der Waals surface area contributed by atoms with Crippen LogP contribution in [0.5, 0.6) is 0 Å². The van der Waals surface area contributed by atoms with Gasteiger partial charge in [-0.2, -0.15) is 0 Å². The molecule has 0 radical (unpaired) electrons. The number of likely N-dealkylation sites (N-methyl/N-ethyl adjacent to an activating group) is 1. The molecule has 4 nitrogen and oxygen atoms in total. The number of nitrogens with zero attached hydrogens (tertiary/aromatic N) is 1. The Morgan fingerprint density at radius 3 is 2.38 bits per heavy atom. The molecule has 13 heavy (non-hydrogen) atoms. The summed E-state index contributed by atoms with van der Waals surface area (Å²) in [5.74, 6) is -0.279. The standard InChI is InChI=1S/C9H21N3O/c1-9(2,3)11-5-6-12(4)7-8(10)13/h11H,5-7H2,1-4H3,(H2,10,13). The molecule has 0 saturated heterocycles. The Morgan fingerprint density at radius 1 is 1.46 bits per heavy atom. The summed E-state index contributed by atoms with van der Waals surface area (Å²) in [6, 6.07) is 0. The molecule has 0 aromatic heterocycles. The van der Waals surface area contributed by atoms with Crippen LogP contribution in [-0.2, 0) is 4.79 Å². The van der Waals surface area contributed by atoms with Crippen molar-refractivity contribution in [2.24, 2.45) is 5.73 Å². The molecular formula is C9H21N3O. The third kappa shape index (κ3) is 9.30. The van der Waals surface area contributed by atoms with Crippen molar-refractivity contribution in [2.75, 3.05) is 26.7 Å². The summed E-state index contributed by atoms with van der Waals surface area (Å²) in [6.45, 7) is 8.36. The van der Waals surface area contributed by atoms with Gasteiger partial charge in [0.15, 0.2) is 0 Å². The summed E-state index contributed by atoms with van der Waals surface area (Å²) in [7, 11) is 1.88. The number of hydrogen-bond acceptors (Lipinski definition) is 3. The van der Waals surface area contributed by atoms with Gasteiger partial charge in [0.2, 0.25) is 5.91 Å².